The maximum absolute atomic E-state index is 6.38. The Morgan fingerprint density at radius 3 is 1.42 bits per heavy atom. The summed E-state index contributed by atoms with van der Waals surface area (Å²) < 4.78 is 8.85. The van der Waals surface area contributed by atoms with Gasteiger partial charge in [-0.2, -0.15) is 0 Å². The van der Waals surface area contributed by atoms with E-state index in [1.807, 2.05) is 0 Å². The fraction of sp³-hybridized carbons (Fsp3) is 0.0526. The third-order valence-corrected chi connectivity index (χ3v) is 12.8. The highest BCUT2D eigenvalue weighted by molar-refractivity contribution is 6.13. The molecule has 12 rings (SSSR count). The highest BCUT2D eigenvalue weighted by Gasteiger charge is 2.38. The molecule has 0 saturated heterocycles. The number of fused-ring (bicyclic) bond motifs is 10. The van der Waals surface area contributed by atoms with Crippen molar-refractivity contribution in [2.75, 3.05) is 0 Å². The first-order valence-corrected chi connectivity index (χ1v) is 20.5. The first kappa shape index (κ1) is 33.7. The van der Waals surface area contributed by atoms with Crippen LogP contribution >= 0.6 is 0 Å². The molecule has 0 bridgehead atoms. The lowest BCUT2D eigenvalue weighted by molar-refractivity contribution is 0.656. The maximum atomic E-state index is 6.38. The molecule has 0 amide bonds. The Labute approximate surface area is 343 Å². The van der Waals surface area contributed by atoms with Gasteiger partial charge in [0.25, 0.3) is 0 Å². The van der Waals surface area contributed by atoms with Gasteiger partial charge in [0.1, 0.15) is 11.2 Å². The van der Waals surface area contributed by atoms with E-state index >= 15 is 0 Å². The zero-order valence-electron chi connectivity index (χ0n) is 32.9. The number of rotatable bonds is 5. The Hall–Kier alpha value is -7.42. The predicted octanol–water partition coefficient (Wildman–Crippen LogP) is 15.7. The van der Waals surface area contributed by atoms with Gasteiger partial charge in [-0.3, -0.25) is 0 Å². The Balaban J connectivity index is 1.02. The summed E-state index contributed by atoms with van der Waals surface area (Å²) >= 11 is 0. The molecular weight excluding hydrogens is 715 g/mol. The van der Waals surface area contributed by atoms with Crippen molar-refractivity contribution in [2.45, 2.75) is 19.3 Å². The molecule has 0 unspecified atom stereocenters. The highest BCUT2D eigenvalue weighted by Crippen LogP contribution is 2.53. The van der Waals surface area contributed by atoms with Crippen molar-refractivity contribution in [1.82, 2.24) is 4.57 Å². The summed E-state index contributed by atoms with van der Waals surface area (Å²) in [5.41, 5.74) is 20.2. The molecule has 2 aromatic heterocycles. The lowest BCUT2D eigenvalue weighted by Gasteiger charge is -2.23. The summed E-state index contributed by atoms with van der Waals surface area (Å²) in [6.07, 6.45) is 0. The third kappa shape index (κ3) is 5.20. The van der Waals surface area contributed by atoms with Gasteiger partial charge < -0.3 is 8.98 Å². The van der Waals surface area contributed by atoms with Gasteiger partial charge in [0, 0.05) is 32.6 Å². The molecule has 0 spiro atoms. The van der Waals surface area contributed by atoms with Gasteiger partial charge in [-0.05, 0) is 115 Å². The van der Waals surface area contributed by atoms with Crippen LogP contribution in [0.25, 0.3) is 105 Å². The normalized spacial score (nSPS) is 13.1. The van der Waals surface area contributed by atoms with Crippen molar-refractivity contribution in [1.29, 1.82) is 0 Å². The summed E-state index contributed by atoms with van der Waals surface area (Å²) in [5, 5.41) is 4.88. The number of nitrogens with zero attached hydrogens (tertiary/aromatic N) is 1. The number of benzene rings is 9. The van der Waals surface area contributed by atoms with Crippen LogP contribution < -0.4 is 0 Å². The summed E-state index contributed by atoms with van der Waals surface area (Å²) in [5.74, 6) is 0. The van der Waals surface area contributed by atoms with Crippen LogP contribution in [0.5, 0.6) is 0 Å². The van der Waals surface area contributed by atoms with Crippen molar-refractivity contribution in [2.24, 2.45) is 0 Å². The Kier molecular flexibility index (Phi) is 7.31. The van der Waals surface area contributed by atoms with Crippen LogP contribution in [-0.4, -0.2) is 4.57 Å². The van der Waals surface area contributed by atoms with Crippen LogP contribution in [0.15, 0.2) is 205 Å². The quantitative estimate of drug-likeness (QED) is 0.171. The number of furan rings is 1. The van der Waals surface area contributed by atoms with E-state index in [1.54, 1.807) is 0 Å². The van der Waals surface area contributed by atoms with Crippen molar-refractivity contribution in [3.05, 3.63) is 211 Å². The molecule has 0 saturated carbocycles. The molecule has 2 heterocycles. The van der Waals surface area contributed by atoms with Crippen molar-refractivity contribution >= 4 is 43.7 Å². The van der Waals surface area contributed by atoms with E-state index in [4.69, 9.17) is 4.42 Å². The van der Waals surface area contributed by atoms with E-state index < -0.39 is 0 Å². The van der Waals surface area contributed by atoms with E-state index in [9.17, 15) is 0 Å². The van der Waals surface area contributed by atoms with Gasteiger partial charge in [-0.25, -0.2) is 0 Å². The zero-order valence-corrected chi connectivity index (χ0v) is 32.9. The fourth-order valence-corrected chi connectivity index (χ4v) is 9.88. The molecule has 59 heavy (non-hydrogen) atoms. The molecule has 0 fully saturated rings. The average Bonchev–Trinajstić information content (AvgIpc) is 3.91. The Morgan fingerprint density at radius 1 is 0.373 bits per heavy atom. The molecule has 1 aliphatic carbocycles. The second-order valence-electron chi connectivity index (χ2n) is 16.5. The monoisotopic (exact) mass is 753 g/mol. The molecule has 2 heteroatoms. The van der Waals surface area contributed by atoms with Gasteiger partial charge in [-0.1, -0.05) is 166 Å². The van der Waals surface area contributed by atoms with E-state index in [0.717, 1.165) is 16.9 Å². The van der Waals surface area contributed by atoms with Gasteiger partial charge in [0.15, 0.2) is 0 Å². The average molecular weight is 754 g/mol. The van der Waals surface area contributed by atoms with Gasteiger partial charge in [-0.15, -0.1) is 0 Å². The Morgan fingerprint density at radius 2 is 0.847 bits per heavy atom. The van der Waals surface area contributed by atoms with Crippen LogP contribution in [0.4, 0.5) is 0 Å². The SMILES string of the molecule is CC1(C)c2cc(-n3c4ccc(-c5ccc(-c6ccccc6)cc5)cc4c4cc(-c5ccc(-c6ccccc6)cc5)ccc43)ccc2-c2ccc3oc4ccccc4c3c21. The molecule has 2 nitrogen and oxygen atoms in total. The van der Waals surface area contributed by atoms with Crippen LogP contribution in [0.1, 0.15) is 25.0 Å². The standard InChI is InChI=1S/C57H39NO/c1-57(2)50-35-44(27-28-45(50)46-29-32-54-55(56(46)57)47-15-9-10-16-53(47)59-54)58-51-30-25-42(40-21-17-38(18-22-40)36-11-5-3-6-12-36)33-48(51)49-34-43(26-31-52(49)58)41-23-19-39(20-24-41)37-13-7-4-8-14-37/h3-35H,1-2H3. The molecule has 0 N–H and O–H groups in total. The lowest BCUT2D eigenvalue weighted by Crippen LogP contribution is -2.15. The zero-order chi connectivity index (χ0) is 39.2. The summed E-state index contributed by atoms with van der Waals surface area (Å²) in [6.45, 7) is 4.75. The number of hydrogen-bond donors (Lipinski definition) is 0. The van der Waals surface area contributed by atoms with Crippen LogP contribution in [0.3, 0.4) is 0 Å². The van der Waals surface area contributed by atoms with E-state index in [0.29, 0.717) is 0 Å². The Bertz CT molecular complexity index is 3280. The molecule has 0 aliphatic heterocycles. The van der Waals surface area contributed by atoms with E-state index in [1.165, 1.54) is 99.3 Å². The predicted molar refractivity (Wildman–Crippen MR) is 247 cm³/mol. The third-order valence-electron chi connectivity index (χ3n) is 12.8. The van der Waals surface area contributed by atoms with Crippen LogP contribution in [0, 0.1) is 0 Å². The van der Waals surface area contributed by atoms with Gasteiger partial charge in [0.2, 0.25) is 0 Å². The number of aromatic nitrogens is 1. The molecule has 278 valence electrons. The highest BCUT2D eigenvalue weighted by atomic mass is 16.3. The minimum Gasteiger partial charge on any atom is -0.456 e. The molecule has 1 aliphatic rings. The van der Waals surface area contributed by atoms with Crippen molar-refractivity contribution in [3.8, 4) is 61.3 Å². The van der Waals surface area contributed by atoms with Crippen LogP contribution in [0.2, 0.25) is 0 Å². The second kappa shape index (κ2) is 12.8. The summed E-state index contributed by atoms with van der Waals surface area (Å²) in [6, 6.07) is 73.1. The second-order valence-corrected chi connectivity index (χ2v) is 16.5. The van der Waals surface area contributed by atoms with E-state index in [2.05, 4.69) is 219 Å². The number of para-hydroxylation sites is 1. The van der Waals surface area contributed by atoms with Crippen LogP contribution in [-0.2, 0) is 5.41 Å². The minimum absolute atomic E-state index is 0.232. The molecular formula is C57H39NO. The summed E-state index contributed by atoms with van der Waals surface area (Å²) in [7, 11) is 0. The first-order valence-electron chi connectivity index (χ1n) is 20.5. The molecule has 9 aromatic carbocycles. The summed E-state index contributed by atoms with van der Waals surface area (Å²) in [4.78, 5) is 0. The van der Waals surface area contributed by atoms with E-state index in [-0.39, 0.29) is 5.41 Å². The van der Waals surface area contributed by atoms with Gasteiger partial charge >= 0.3 is 0 Å². The lowest BCUT2D eigenvalue weighted by atomic mass is 9.80. The molecule has 0 atom stereocenters. The maximum Gasteiger partial charge on any atom is 0.135 e. The smallest absolute Gasteiger partial charge is 0.135 e. The molecule has 11 aromatic rings. The minimum atomic E-state index is -0.232. The topological polar surface area (TPSA) is 18.1 Å². The largest absolute Gasteiger partial charge is 0.456 e. The van der Waals surface area contributed by atoms with Gasteiger partial charge in [0.05, 0.1) is 11.0 Å². The fourth-order valence-electron chi connectivity index (χ4n) is 9.88. The van der Waals surface area contributed by atoms with Crippen molar-refractivity contribution in [3.63, 3.8) is 0 Å². The molecule has 0 radical (unpaired) electrons. The number of hydrogen-bond acceptors (Lipinski definition) is 1. The van der Waals surface area contributed by atoms with Crippen molar-refractivity contribution < 1.29 is 4.42 Å². The first-order chi connectivity index (χ1) is 29.0.